The number of H-pyrrole nitrogens is 1. The molecule has 1 heterocycles. The molecule has 0 atom stereocenters. The normalized spacial score (nSPS) is 11.5. The van der Waals surface area contributed by atoms with Gasteiger partial charge in [-0.1, -0.05) is 0 Å². The SMILES string of the molecule is CNC(=O)CN(C)S(=O)(=O)c1[nH]ncc1C(=O)O. The third kappa shape index (κ3) is 2.65. The lowest BCUT2D eigenvalue weighted by Gasteiger charge is -2.15. The van der Waals surface area contributed by atoms with Gasteiger partial charge in [-0.3, -0.25) is 9.89 Å². The summed E-state index contributed by atoms with van der Waals surface area (Å²) in [4.78, 5) is 21.9. The Morgan fingerprint density at radius 1 is 1.56 bits per heavy atom. The highest BCUT2D eigenvalue weighted by molar-refractivity contribution is 7.89. The quantitative estimate of drug-likeness (QED) is 0.598. The average molecular weight is 276 g/mol. The Hall–Kier alpha value is -1.94. The van der Waals surface area contributed by atoms with Gasteiger partial charge in [0.2, 0.25) is 5.91 Å². The molecule has 0 saturated heterocycles. The molecule has 0 bridgehead atoms. The monoisotopic (exact) mass is 276 g/mol. The number of sulfonamides is 1. The van der Waals surface area contributed by atoms with Crippen LogP contribution in [0.4, 0.5) is 0 Å². The van der Waals surface area contributed by atoms with E-state index in [1.807, 2.05) is 0 Å². The van der Waals surface area contributed by atoms with Crippen LogP contribution in [-0.2, 0) is 14.8 Å². The molecule has 1 rings (SSSR count). The number of likely N-dealkylation sites (N-methyl/N-ethyl adjacent to an activating group) is 2. The summed E-state index contributed by atoms with van der Waals surface area (Å²) < 4.78 is 24.7. The molecule has 0 spiro atoms. The summed E-state index contributed by atoms with van der Waals surface area (Å²) in [6, 6.07) is 0. The minimum absolute atomic E-state index is 0.420. The highest BCUT2D eigenvalue weighted by Gasteiger charge is 2.29. The van der Waals surface area contributed by atoms with Crippen molar-refractivity contribution in [2.45, 2.75) is 5.03 Å². The predicted octanol–water partition coefficient (Wildman–Crippen LogP) is -1.53. The molecule has 0 radical (unpaired) electrons. The van der Waals surface area contributed by atoms with Crippen molar-refractivity contribution in [1.29, 1.82) is 0 Å². The topological polar surface area (TPSA) is 132 Å². The van der Waals surface area contributed by atoms with Crippen molar-refractivity contribution in [3.8, 4) is 0 Å². The first-order valence-corrected chi connectivity index (χ1v) is 6.18. The third-order valence-electron chi connectivity index (χ3n) is 2.15. The van der Waals surface area contributed by atoms with Gasteiger partial charge in [-0.05, 0) is 0 Å². The van der Waals surface area contributed by atoms with Crippen LogP contribution in [0.15, 0.2) is 11.2 Å². The highest BCUT2D eigenvalue weighted by Crippen LogP contribution is 2.15. The Balaban J connectivity index is 3.10. The minimum Gasteiger partial charge on any atom is -0.478 e. The molecule has 9 nitrogen and oxygen atoms in total. The number of carbonyl (C=O) groups is 2. The first kappa shape index (κ1) is 14.1. The molecule has 0 aliphatic heterocycles. The molecule has 0 saturated carbocycles. The van der Waals surface area contributed by atoms with Crippen molar-refractivity contribution in [1.82, 2.24) is 19.8 Å². The maximum absolute atomic E-state index is 12.0. The Kier molecular flexibility index (Phi) is 4.03. The van der Waals surface area contributed by atoms with E-state index in [0.29, 0.717) is 0 Å². The fraction of sp³-hybridized carbons (Fsp3) is 0.375. The molecule has 100 valence electrons. The van der Waals surface area contributed by atoms with E-state index in [-0.39, 0.29) is 0 Å². The number of aromatic nitrogens is 2. The van der Waals surface area contributed by atoms with Gasteiger partial charge in [0.25, 0.3) is 10.0 Å². The number of carboxylic acid groups (broad SMARTS) is 1. The molecular formula is C8H12N4O5S. The van der Waals surface area contributed by atoms with Gasteiger partial charge in [0.05, 0.1) is 12.7 Å². The summed E-state index contributed by atoms with van der Waals surface area (Å²) in [6.45, 7) is -0.420. The number of rotatable bonds is 5. The summed E-state index contributed by atoms with van der Waals surface area (Å²) in [5, 5.41) is 16.0. The maximum Gasteiger partial charge on any atom is 0.340 e. The van der Waals surface area contributed by atoms with Crippen LogP contribution in [-0.4, -0.2) is 60.5 Å². The van der Waals surface area contributed by atoms with Crippen molar-refractivity contribution in [2.75, 3.05) is 20.6 Å². The van der Waals surface area contributed by atoms with Crippen LogP contribution in [0, 0.1) is 0 Å². The predicted molar refractivity (Wildman–Crippen MR) is 59.4 cm³/mol. The van der Waals surface area contributed by atoms with Gasteiger partial charge in [-0.2, -0.15) is 9.40 Å². The van der Waals surface area contributed by atoms with Crippen molar-refractivity contribution in [3.05, 3.63) is 11.8 Å². The molecule has 0 aliphatic carbocycles. The van der Waals surface area contributed by atoms with Crippen LogP contribution in [0.2, 0.25) is 0 Å². The largest absolute Gasteiger partial charge is 0.478 e. The number of aromatic carboxylic acids is 1. The van der Waals surface area contributed by atoms with Gasteiger partial charge in [-0.25, -0.2) is 13.2 Å². The number of nitrogens with one attached hydrogen (secondary N) is 2. The van der Waals surface area contributed by atoms with Crippen LogP contribution in [0.1, 0.15) is 10.4 Å². The van der Waals surface area contributed by atoms with E-state index in [2.05, 4.69) is 15.5 Å². The van der Waals surface area contributed by atoms with Crippen molar-refractivity contribution in [3.63, 3.8) is 0 Å². The molecule has 18 heavy (non-hydrogen) atoms. The minimum atomic E-state index is -4.10. The molecule has 3 N–H and O–H groups in total. The van der Waals surface area contributed by atoms with Crippen LogP contribution < -0.4 is 5.32 Å². The lowest BCUT2D eigenvalue weighted by Crippen LogP contribution is -2.37. The second-order valence-electron chi connectivity index (χ2n) is 3.35. The number of hydrogen-bond donors (Lipinski definition) is 3. The van der Waals surface area contributed by atoms with Gasteiger partial charge in [0, 0.05) is 14.1 Å². The molecule has 10 heteroatoms. The van der Waals surface area contributed by atoms with E-state index in [9.17, 15) is 18.0 Å². The molecular weight excluding hydrogens is 264 g/mol. The Morgan fingerprint density at radius 2 is 2.17 bits per heavy atom. The summed E-state index contributed by atoms with van der Waals surface area (Å²) in [6.07, 6.45) is 0.892. The van der Waals surface area contributed by atoms with Crippen molar-refractivity contribution >= 4 is 21.9 Å². The standard InChI is InChI=1S/C8H12N4O5S/c1-9-6(13)4-12(2)18(16,17)7-5(8(14)15)3-10-11-7/h3H,4H2,1-2H3,(H,9,13)(H,10,11)(H,14,15). The lowest BCUT2D eigenvalue weighted by atomic mass is 10.4. The molecule has 0 aliphatic rings. The molecule has 1 aromatic rings. The highest BCUT2D eigenvalue weighted by atomic mass is 32.2. The smallest absolute Gasteiger partial charge is 0.340 e. The fourth-order valence-electron chi connectivity index (χ4n) is 1.15. The summed E-state index contributed by atoms with van der Waals surface area (Å²) in [7, 11) is -1.58. The summed E-state index contributed by atoms with van der Waals surface area (Å²) in [5.74, 6) is -1.94. The van der Waals surface area contributed by atoms with Gasteiger partial charge in [0.15, 0.2) is 5.03 Å². The number of carboxylic acids is 1. The molecule has 0 fully saturated rings. The molecule has 1 amide bonds. The lowest BCUT2D eigenvalue weighted by molar-refractivity contribution is -0.120. The Bertz CT molecular complexity index is 564. The third-order valence-corrected chi connectivity index (χ3v) is 3.92. The molecule has 1 aromatic heterocycles. The number of carbonyl (C=O) groups excluding carboxylic acids is 1. The van der Waals surface area contributed by atoms with Gasteiger partial charge in [0.1, 0.15) is 5.56 Å². The summed E-state index contributed by atoms with van der Waals surface area (Å²) >= 11 is 0. The van der Waals surface area contributed by atoms with E-state index < -0.39 is 39.0 Å². The first-order valence-electron chi connectivity index (χ1n) is 4.74. The van der Waals surface area contributed by atoms with E-state index in [4.69, 9.17) is 5.11 Å². The van der Waals surface area contributed by atoms with E-state index in [1.165, 1.54) is 7.05 Å². The fourth-order valence-corrected chi connectivity index (χ4v) is 2.33. The van der Waals surface area contributed by atoms with Gasteiger partial charge < -0.3 is 10.4 Å². The zero-order valence-corrected chi connectivity index (χ0v) is 10.5. The zero-order chi connectivity index (χ0) is 13.9. The average Bonchev–Trinajstić information content (AvgIpc) is 2.78. The van der Waals surface area contributed by atoms with E-state index in [1.54, 1.807) is 0 Å². The first-order chi connectivity index (χ1) is 8.30. The van der Waals surface area contributed by atoms with Crippen LogP contribution in [0.3, 0.4) is 0 Å². The number of aromatic amines is 1. The van der Waals surface area contributed by atoms with Crippen LogP contribution >= 0.6 is 0 Å². The second kappa shape index (κ2) is 5.14. The Labute approximate surface area is 103 Å². The number of hydrogen-bond acceptors (Lipinski definition) is 5. The number of nitrogens with zero attached hydrogens (tertiary/aromatic N) is 2. The molecule has 0 aromatic carbocycles. The van der Waals surface area contributed by atoms with Gasteiger partial charge in [-0.15, -0.1) is 0 Å². The zero-order valence-electron chi connectivity index (χ0n) is 9.67. The van der Waals surface area contributed by atoms with Gasteiger partial charge >= 0.3 is 5.97 Å². The number of amides is 1. The van der Waals surface area contributed by atoms with Crippen molar-refractivity contribution < 1.29 is 23.1 Å². The second-order valence-corrected chi connectivity index (χ2v) is 5.33. The van der Waals surface area contributed by atoms with E-state index >= 15 is 0 Å². The van der Waals surface area contributed by atoms with Crippen LogP contribution in [0.5, 0.6) is 0 Å². The van der Waals surface area contributed by atoms with Crippen molar-refractivity contribution in [2.24, 2.45) is 0 Å². The Morgan fingerprint density at radius 3 is 2.67 bits per heavy atom. The summed E-state index contributed by atoms with van der Waals surface area (Å²) in [5.41, 5.74) is -0.473. The van der Waals surface area contributed by atoms with E-state index in [0.717, 1.165) is 17.5 Å². The van der Waals surface area contributed by atoms with Crippen LogP contribution in [0.25, 0.3) is 0 Å². The molecule has 0 unspecified atom stereocenters. The maximum atomic E-state index is 12.0.